The van der Waals surface area contributed by atoms with Crippen LogP contribution >= 0.6 is 0 Å². The van der Waals surface area contributed by atoms with Crippen LogP contribution in [-0.4, -0.2) is 280 Å². The molecular weight excluding hydrogens is 1870 g/mol. The van der Waals surface area contributed by atoms with Gasteiger partial charge in [0.1, 0.15) is 96.1 Å². The van der Waals surface area contributed by atoms with E-state index in [1.54, 1.807) is 74.8 Å². The summed E-state index contributed by atoms with van der Waals surface area (Å²) in [5, 5.41) is 98.7. The van der Waals surface area contributed by atoms with Gasteiger partial charge in [0.05, 0.1) is 0 Å². The first-order valence-electron chi connectivity index (χ1n) is 49.8. The third kappa shape index (κ3) is 36.2. The number of amides is 14. The number of aromatic hydroxyl groups is 2. The molecule has 2 aromatic heterocycles. The average molecular weight is 2020 g/mol. The number of guanidine groups is 4. The fourth-order valence-corrected chi connectivity index (χ4v) is 18.0. The van der Waals surface area contributed by atoms with Crippen molar-refractivity contribution in [2.24, 2.45) is 46.1 Å². The van der Waals surface area contributed by atoms with E-state index < -0.39 is 191 Å². The lowest BCUT2D eigenvalue weighted by Gasteiger charge is -2.34. The lowest BCUT2D eigenvalue weighted by molar-refractivity contribution is -0.148. The van der Waals surface area contributed by atoms with E-state index in [9.17, 15) is 10.2 Å². The van der Waals surface area contributed by atoms with Crippen LogP contribution in [0.3, 0.4) is 0 Å². The Bertz CT molecular complexity index is 5410. The summed E-state index contributed by atoms with van der Waals surface area (Å²) in [6.07, 6.45) is 3.54. The largest absolute Gasteiger partial charge is 0.508 e. The maximum absolute atomic E-state index is 15.7. The number of hydrogen-bond acceptors (Lipinski definition) is 23. The van der Waals surface area contributed by atoms with Gasteiger partial charge in [0.15, 0.2) is 23.8 Å². The Kier molecular flexibility index (Phi) is 45.5. The van der Waals surface area contributed by atoms with E-state index in [-0.39, 0.29) is 224 Å². The van der Waals surface area contributed by atoms with Gasteiger partial charge in [-0.15, -0.1) is 0 Å². The van der Waals surface area contributed by atoms with Gasteiger partial charge in [0.2, 0.25) is 82.7 Å². The van der Waals surface area contributed by atoms with Crippen molar-refractivity contribution >= 4 is 128 Å². The summed E-state index contributed by atoms with van der Waals surface area (Å²) in [6.45, 7) is 4.00. The highest BCUT2D eigenvalue weighted by Gasteiger charge is 2.46. The number of unbranched alkanes of at least 4 members (excludes halogenated alkanes) is 3. The standard InChI is InChI=1S/C98H147N31O16/c1-56(2)49-74-87(138)119-68(24-8-11-41-100)82(133)116-67(23-7-10-40-99)81(132)117-70(26-13-43-110-95(102)103)83(134)118-71(27-14-44-111-96(104)105)85(136)126-77(52-59-54-114-65-21-5-3-19-63(59)65)90(141)120-69(25-9-12-42-101)84(135)124-76(51-58-34-38-62(131)39-35-58)89(140)125-75(50-57-32-36-61(130)37-33-57)88(139)122-73(29-16-46-113-98(108)109)93(144)129-48-18-31-80(129)94(145)128-47-17-30-79(128)92(143)121-72(28-15-45-112-97(106)107)86(137)127-78(91(142)123-74)53-60-55-115-66-22-6-4-20-64(60)66/h3-6,19-22,32-39,54-56,67-80,114-115,130-131H,7-18,23-31,40-53,99-101H2,1-2H3,(H,116,133)(H,117,132)(H,118,134)(H,119,138)(H,120,141)(H,121,143)(H,122,139)(H,123,142)(H,124,135)(H,125,140)(H,126,136)(H,127,137)(H4,102,103,110)(H4,104,105,111)(H4,106,107,112)(H4,108,109,113)/t67-,68-,69-,70-,71-,72-,73-,74-,75-,76-,77-,78-,79-,80+/m0/s1. The van der Waals surface area contributed by atoms with Gasteiger partial charge in [-0.1, -0.05) is 74.5 Å². The van der Waals surface area contributed by atoms with Crippen molar-refractivity contribution in [1.82, 2.24) is 105 Å². The molecule has 14 atom stereocenters. The first kappa shape index (κ1) is 114. The van der Waals surface area contributed by atoms with Crippen molar-refractivity contribution in [3.05, 3.63) is 132 Å². The molecule has 0 aliphatic carbocycles. The Morgan fingerprint density at radius 2 is 0.600 bits per heavy atom. The highest BCUT2D eigenvalue weighted by atomic mass is 16.3. The number of aromatic amines is 2. The number of para-hydroxylation sites is 2. The fraction of sp³-hybridized carbons (Fsp3) is 0.531. The second-order valence-electron chi connectivity index (χ2n) is 37.4. The van der Waals surface area contributed by atoms with Gasteiger partial charge in [-0.25, -0.2) is 0 Å². The number of hydrogen-bond donors (Lipinski definition) is 31. The zero-order valence-corrected chi connectivity index (χ0v) is 82.3. The molecule has 4 aromatic carbocycles. The predicted molar refractivity (Wildman–Crippen MR) is 545 cm³/mol. The van der Waals surface area contributed by atoms with E-state index in [1.807, 2.05) is 0 Å². The van der Waals surface area contributed by atoms with E-state index in [4.69, 9.17) is 61.8 Å². The zero-order chi connectivity index (χ0) is 105. The molecule has 6 aromatic rings. The summed E-state index contributed by atoms with van der Waals surface area (Å²) in [6, 6.07) is 4.50. The first-order valence-corrected chi connectivity index (χ1v) is 49.8. The van der Waals surface area contributed by atoms with Crippen LogP contribution in [0.1, 0.15) is 177 Å². The molecule has 3 aliphatic rings. The van der Waals surface area contributed by atoms with Gasteiger partial charge in [-0.05, 0) is 225 Å². The SMILES string of the molecule is CC(C)C[C@@H]1NC(=O)[C@H](Cc2c[nH]c3ccccc23)NC(=O)[C@H](CCCNC(=N)N)NC(=O)[C@@H]2CCCN2C(=O)[C@H]2CCCN2C(=O)[C@H](CCCNC(=N)N)NC(=O)[C@H](Cc2ccc(O)cc2)NC(=O)[C@H](Cc2ccc(O)cc2)NC(=O)[C@H](CCCCN)NC(=O)[C@H](Cc2c[nH]c3ccccc23)NC(=O)[C@H](CCCNC(=N)N)NC(=O)[C@H](CCCNC(=N)N)NC(=O)[C@H](CCCCN)NC(=O)[C@H](CCCCN)NC1=O. The molecular formula is C98H147N31O16. The smallest absolute Gasteiger partial charge is 0.246 e. The van der Waals surface area contributed by atoms with Crippen LogP contribution in [0.15, 0.2) is 109 Å². The molecule has 0 saturated carbocycles. The lowest BCUT2D eigenvalue weighted by Crippen LogP contribution is -2.61. The van der Waals surface area contributed by atoms with Crippen molar-refractivity contribution in [2.75, 3.05) is 58.9 Å². The topological polar surface area (TPSA) is 788 Å². The minimum atomic E-state index is -1.66. The highest BCUT2D eigenvalue weighted by molar-refractivity contribution is 6.02. The number of nitrogens with zero attached hydrogens (tertiary/aromatic N) is 2. The number of rotatable bonds is 38. The molecule has 9 rings (SSSR count). The maximum atomic E-state index is 15.7. The quantitative estimate of drug-likeness (QED) is 0.0109. The van der Waals surface area contributed by atoms with E-state index >= 15 is 67.1 Å². The lowest BCUT2D eigenvalue weighted by atomic mass is 9.99. The number of phenolic OH excluding ortho intramolecular Hbond substituents is 2. The summed E-state index contributed by atoms with van der Waals surface area (Å²) in [5.74, 6) is -14.7. The van der Waals surface area contributed by atoms with Gasteiger partial charge in [0.25, 0.3) is 0 Å². The number of nitrogens with two attached hydrogens (primary N) is 7. The number of aromatic nitrogens is 2. The van der Waals surface area contributed by atoms with Crippen molar-refractivity contribution in [3.8, 4) is 11.5 Å². The Morgan fingerprint density at radius 3 is 0.931 bits per heavy atom. The van der Waals surface area contributed by atoms with Crippen molar-refractivity contribution < 1.29 is 77.3 Å². The third-order valence-electron chi connectivity index (χ3n) is 25.7. The van der Waals surface area contributed by atoms with Gasteiger partial charge in [0, 0.05) is 99.2 Å². The summed E-state index contributed by atoms with van der Waals surface area (Å²) in [7, 11) is 0. The zero-order valence-electron chi connectivity index (χ0n) is 82.3. The van der Waals surface area contributed by atoms with E-state index in [0.29, 0.717) is 63.3 Å². The van der Waals surface area contributed by atoms with Crippen molar-refractivity contribution in [3.63, 3.8) is 0 Å². The second kappa shape index (κ2) is 58.0. The van der Waals surface area contributed by atoms with Crippen molar-refractivity contribution in [2.45, 2.75) is 265 Å². The molecule has 145 heavy (non-hydrogen) atoms. The first-order chi connectivity index (χ1) is 69.5. The Labute approximate surface area is 841 Å². The molecule has 790 valence electrons. The number of carbonyl (C=O) groups excluding carboxylic acids is 14. The van der Waals surface area contributed by atoms with Crippen LogP contribution in [0.4, 0.5) is 0 Å². The molecule has 38 N–H and O–H groups in total. The van der Waals surface area contributed by atoms with Crippen molar-refractivity contribution in [1.29, 1.82) is 21.6 Å². The fourth-order valence-electron chi connectivity index (χ4n) is 18.0. The third-order valence-corrected chi connectivity index (χ3v) is 25.7. The minimum absolute atomic E-state index is 0.00909. The molecule has 14 amide bonds. The van der Waals surface area contributed by atoms with Crippen LogP contribution in [0.25, 0.3) is 21.8 Å². The van der Waals surface area contributed by atoms with Crippen LogP contribution < -0.4 is 125 Å². The van der Waals surface area contributed by atoms with Gasteiger partial charge in [-0.3, -0.25) is 88.8 Å². The van der Waals surface area contributed by atoms with Crippen LogP contribution in [-0.2, 0) is 92.8 Å². The van der Waals surface area contributed by atoms with Crippen LogP contribution in [0, 0.1) is 27.6 Å². The summed E-state index contributed by atoms with van der Waals surface area (Å²) < 4.78 is 0. The number of fused-ring (bicyclic) bond motifs is 4. The summed E-state index contributed by atoms with van der Waals surface area (Å²) in [5.41, 5.74) is 44.1. The number of carbonyl (C=O) groups is 14. The molecule has 47 nitrogen and oxygen atoms in total. The van der Waals surface area contributed by atoms with Gasteiger partial charge >= 0.3 is 0 Å². The molecule has 0 radical (unpaired) electrons. The number of H-pyrrole nitrogens is 2. The monoisotopic (exact) mass is 2010 g/mol. The Balaban J connectivity index is 1.17. The normalized spacial score (nSPS) is 22.8. The molecule has 0 bridgehead atoms. The molecule has 0 spiro atoms. The van der Waals surface area contributed by atoms with Crippen LogP contribution in [0.5, 0.6) is 11.5 Å². The number of benzene rings is 4. The molecule has 47 heteroatoms. The Hall–Kier alpha value is -14.9. The number of phenols is 2. The number of nitrogens with one attached hydrogen (secondary N) is 22. The second-order valence-corrected chi connectivity index (χ2v) is 37.4. The maximum Gasteiger partial charge on any atom is 0.246 e. The van der Waals surface area contributed by atoms with Gasteiger partial charge in [-0.2, -0.15) is 0 Å². The minimum Gasteiger partial charge on any atom is -0.508 e. The van der Waals surface area contributed by atoms with Crippen LogP contribution in [0.2, 0.25) is 0 Å². The highest BCUT2D eigenvalue weighted by Crippen LogP contribution is 2.29. The van der Waals surface area contributed by atoms with Gasteiger partial charge < -0.3 is 155 Å². The molecule has 3 fully saturated rings. The van der Waals surface area contributed by atoms with E-state index in [1.165, 1.54) is 58.3 Å². The predicted octanol–water partition coefficient (Wildman–Crippen LogP) is -2.37. The van der Waals surface area contributed by atoms with E-state index in [2.05, 4.69) is 95.0 Å². The van der Waals surface area contributed by atoms with E-state index in [0.717, 1.165) is 0 Å². The summed E-state index contributed by atoms with van der Waals surface area (Å²) >= 11 is 0. The molecule has 5 heterocycles. The average Bonchev–Trinajstić information content (AvgIpc) is 1.66. The summed E-state index contributed by atoms with van der Waals surface area (Å²) in [4.78, 5) is 226. The Morgan fingerprint density at radius 1 is 0.331 bits per heavy atom. The molecule has 3 saturated heterocycles. The molecule has 0 unspecified atom stereocenters. The molecule has 3 aliphatic heterocycles.